The summed E-state index contributed by atoms with van der Waals surface area (Å²) in [6, 6.07) is 5.25. The van der Waals surface area contributed by atoms with Gasteiger partial charge in [0.2, 0.25) is 5.95 Å². The molecule has 3 nitrogen and oxygen atoms in total. The maximum absolute atomic E-state index is 13.6. The minimum absolute atomic E-state index is 0.100. The third-order valence-corrected chi connectivity index (χ3v) is 3.26. The molecule has 2 heterocycles. The predicted octanol–water partition coefficient (Wildman–Crippen LogP) is 2.49. The van der Waals surface area contributed by atoms with E-state index in [4.69, 9.17) is 0 Å². The molecule has 0 unspecified atom stereocenters. The molecule has 0 spiro atoms. The van der Waals surface area contributed by atoms with Crippen LogP contribution in [0.5, 0.6) is 0 Å². The zero-order chi connectivity index (χ0) is 12.5. The highest BCUT2D eigenvalue weighted by atomic mass is 19.1. The smallest absolute Gasteiger partial charge is 0.225 e. The number of aryl methyl sites for hydroxylation is 1. The number of hydrogen-bond acceptors (Lipinski definition) is 3. The molecule has 0 saturated heterocycles. The number of benzene rings is 1. The van der Waals surface area contributed by atoms with Gasteiger partial charge in [-0.25, -0.2) is 14.4 Å². The lowest BCUT2D eigenvalue weighted by atomic mass is 9.99. The molecular formula is C14H14FN3. The Labute approximate surface area is 105 Å². The van der Waals surface area contributed by atoms with Crippen LogP contribution in [0.2, 0.25) is 0 Å². The fraction of sp³-hybridized carbons (Fsp3) is 0.286. The number of halogens is 1. The van der Waals surface area contributed by atoms with Crippen molar-refractivity contribution in [3.8, 4) is 0 Å². The van der Waals surface area contributed by atoms with Crippen LogP contribution >= 0.6 is 0 Å². The molecule has 4 heteroatoms. The lowest BCUT2D eigenvalue weighted by molar-refractivity contribution is 0.587. The van der Waals surface area contributed by atoms with E-state index in [1.54, 1.807) is 6.07 Å². The standard InChI is InChI=1S/C14H14FN3/c1-10-7-16-14(17-8-10)18-6-5-12-11(9-18)3-2-4-13(12)15/h2-4,7-8H,5-6,9H2,1H3. The molecule has 0 aliphatic carbocycles. The highest BCUT2D eigenvalue weighted by molar-refractivity contribution is 5.40. The first-order valence-electron chi connectivity index (χ1n) is 6.04. The van der Waals surface area contributed by atoms with Crippen LogP contribution in [-0.4, -0.2) is 16.5 Å². The second-order valence-corrected chi connectivity index (χ2v) is 4.61. The van der Waals surface area contributed by atoms with Crippen molar-refractivity contribution in [3.05, 3.63) is 53.1 Å². The summed E-state index contributed by atoms with van der Waals surface area (Å²) in [7, 11) is 0. The normalized spacial score (nSPS) is 14.4. The van der Waals surface area contributed by atoms with Crippen LogP contribution in [0.15, 0.2) is 30.6 Å². The average Bonchev–Trinajstić information content (AvgIpc) is 2.39. The molecule has 18 heavy (non-hydrogen) atoms. The highest BCUT2D eigenvalue weighted by Gasteiger charge is 2.20. The molecule has 2 aromatic rings. The average molecular weight is 243 g/mol. The van der Waals surface area contributed by atoms with Gasteiger partial charge in [0.15, 0.2) is 0 Å². The number of rotatable bonds is 1. The first-order chi connectivity index (χ1) is 8.74. The number of nitrogens with zero attached hydrogens (tertiary/aromatic N) is 3. The van der Waals surface area contributed by atoms with Crippen LogP contribution in [0.25, 0.3) is 0 Å². The van der Waals surface area contributed by atoms with Gasteiger partial charge >= 0.3 is 0 Å². The molecule has 0 bridgehead atoms. The Morgan fingerprint density at radius 3 is 2.78 bits per heavy atom. The van der Waals surface area contributed by atoms with Gasteiger partial charge in [0.25, 0.3) is 0 Å². The van der Waals surface area contributed by atoms with Crippen LogP contribution in [0, 0.1) is 12.7 Å². The van der Waals surface area contributed by atoms with E-state index in [2.05, 4.69) is 14.9 Å². The van der Waals surface area contributed by atoms with Crippen molar-refractivity contribution in [3.63, 3.8) is 0 Å². The molecular weight excluding hydrogens is 229 g/mol. The molecule has 0 saturated carbocycles. The summed E-state index contributed by atoms with van der Waals surface area (Å²) in [5, 5.41) is 0. The van der Waals surface area contributed by atoms with Crippen molar-refractivity contribution in [2.24, 2.45) is 0 Å². The maximum Gasteiger partial charge on any atom is 0.225 e. The summed E-state index contributed by atoms with van der Waals surface area (Å²) in [6.45, 7) is 3.40. The van der Waals surface area contributed by atoms with E-state index in [0.717, 1.165) is 29.2 Å². The Morgan fingerprint density at radius 1 is 1.22 bits per heavy atom. The van der Waals surface area contributed by atoms with E-state index in [0.29, 0.717) is 13.0 Å². The lowest BCUT2D eigenvalue weighted by Gasteiger charge is -2.28. The van der Waals surface area contributed by atoms with Gasteiger partial charge in [-0.3, -0.25) is 0 Å². The summed E-state index contributed by atoms with van der Waals surface area (Å²) in [4.78, 5) is 10.7. The van der Waals surface area contributed by atoms with Crippen LogP contribution in [-0.2, 0) is 13.0 Å². The third-order valence-electron chi connectivity index (χ3n) is 3.26. The van der Waals surface area contributed by atoms with Crippen LogP contribution in [0.3, 0.4) is 0 Å². The predicted molar refractivity (Wildman–Crippen MR) is 67.9 cm³/mol. The zero-order valence-corrected chi connectivity index (χ0v) is 10.2. The quantitative estimate of drug-likeness (QED) is 0.770. The van der Waals surface area contributed by atoms with E-state index in [1.165, 1.54) is 6.07 Å². The van der Waals surface area contributed by atoms with E-state index in [1.807, 2.05) is 25.4 Å². The second-order valence-electron chi connectivity index (χ2n) is 4.61. The van der Waals surface area contributed by atoms with Gasteiger partial charge in [-0.15, -0.1) is 0 Å². The van der Waals surface area contributed by atoms with E-state index in [-0.39, 0.29) is 5.82 Å². The van der Waals surface area contributed by atoms with Gasteiger partial charge in [0, 0.05) is 25.5 Å². The summed E-state index contributed by atoms with van der Waals surface area (Å²) in [5.74, 6) is 0.618. The largest absolute Gasteiger partial charge is 0.336 e. The Kier molecular flexibility index (Phi) is 2.70. The van der Waals surface area contributed by atoms with Gasteiger partial charge in [-0.05, 0) is 36.1 Å². The minimum atomic E-state index is -0.100. The minimum Gasteiger partial charge on any atom is -0.336 e. The molecule has 1 aliphatic rings. The number of anilines is 1. The first-order valence-corrected chi connectivity index (χ1v) is 6.04. The van der Waals surface area contributed by atoms with E-state index < -0.39 is 0 Å². The van der Waals surface area contributed by atoms with Gasteiger partial charge < -0.3 is 4.90 Å². The summed E-state index contributed by atoms with van der Waals surface area (Å²) in [5.41, 5.74) is 2.91. The molecule has 0 atom stereocenters. The van der Waals surface area contributed by atoms with Crippen LogP contribution in [0.1, 0.15) is 16.7 Å². The van der Waals surface area contributed by atoms with Crippen molar-refractivity contribution < 1.29 is 4.39 Å². The molecule has 0 amide bonds. The number of aromatic nitrogens is 2. The Bertz CT molecular complexity index is 566. The SMILES string of the molecule is Cc1cnc(N2CCc3c(F)cccc3C2)nc1. The first kappa shape index (κ1) is 11.1. The topological polar surface area (TPSA) is 29.0 Å². The van der Waals surface area contributed by atoms with Gasteiger partial charge in [-0.1, -0.05) is 12.1 Å². The van der Waals surface area contributed by atoms with Crippen molar-refractivity contribution in [1.82, 2.24) is 9.97 Å². The second kappa shape index (κ2) is 4.37. The molecule has 3 rings (SSSR count). The van der Waals surface area contributed by atoms with Crippen molar-refractivity contribution in [2.75, 3.05) is 11.4 Å². The molecule has 0 fully saturated rings. The molecule has 0 radical (unpaired) electrons. The molecule has 1 aliphatic heterocycles. The van der Waals surface area contributed by atoms with Gasteiger partial charge in [-0.2, -0.15) is 0 Å². The number of fused-ring (bicyclic) bond motifs is 1. The van der Waals surface area contributed by atoms with Crippen molar-refractivity contribution >= 4 is 5.95 Å². The fourth-order valence-corrected chi connectivity index (χ4v) is 2.28. The zero-order valence-electron chi connectivity index (χ0n) is 10.2. The van der Waals surface area contributed by atoms with E-state index in [9.17, 15) is 4.39 Å². The van der Waals surface area contributed by atoms with Gasteiger partial charge in [0.1, 0.15) is 5.82 Å². The molecule has 1 aromatic heterocycles. The van der Waals surface area contributed by atoms with E-state index >= 15 is 0 Å². The summed E-state index contributed by atoms with van der Waals surface area (Å²) in [6.07, 6.45) is 4.33. The maximum atomic E-state index is 13.6. The lowest BCUT2D eigenvalue weighted by Crippen LogP contribution is -2.32. The Balaban J connectivity index is 1.89. The number of hydrogen-bond donors (Lipinski definition) is 0. The monoisotopic (exact) mass is 243 g/mol. The fourth-order valence-electron chi connectivity index (χ4n) is 2.28. The Morgan fingerprint density at radius 2 is 2.00 bits per heavy atom. The Hall–Kier alpha value is -1.97. The summed E-state index contributed by atoms with van der Waals surface area (Å²) >= 11 is 0. The molecule has 92 valence electrons. The molecule has 1 aromatic carbocycles. The summed E-state index contributed by atoms with van der Waals surface area (Å²) < 4.78 is 13.6. The van der Waals surface area contributed by atoms with Crippen molar-refractivity contribution in [2.45, 2.75) is 19.9 Å². The molecule has 0 N–H and O–H groups in total. The van der Waals surface area contributed by atoms with Crippen molar-refractivity contribution in [1.29, 1.82) is 0 Å². The third kappa shape index (κ3) is 1.94. The van der Waals surface area contributed by atoms with Gasteiger partial charge in [0.05, 0.1) is 0 Å². The van der Waals surface area contributed by atoms with Crippen LogP contribution in [0.4, 0.5) is 10.3 Å². The van der Waals surface area contributed by atoms with Crippen LogP contribution < -0.4 is 4.90 Å². The highest BCUT2D eigenvalue weighted by Crippen LogP contribution is 2.23.